The van der Waals surface area contributed by atoms with E-state index in [4.69, 9.17) is 4.98 Å². The van der Waals surface area contributed by atoms with Crippen LogP contribution in [0.2, 0.25) is 0 Å². The topological polar surface area (TPSA) is 24.9 Å². The lowest BCUT2D eigenvalue weighted by Crippen LogP contribution is -2.35. The molecule has 0 amide bonds. The molecule has 1 atom stereocenters. The van der Waals surface area contributed by atoms with Gasteiger partial charge in [0.2, 0.25) is 0 Å². The van der Waals surface area contributed by atoms with Gasteiger partial charge in [-0.05, 0) is 26.7 Å². The van der Waals surface area contributed by atoms with Crippen LogP contribution < -0.4 is 5.32 Å². The third-order valence-corrected chi connectivity index (χ3v) is 7.26. The predicted octanol–water partition coefficient (Wildman–Crippen LogP) is 4.68. The van der Waals surface area contributed by atoms with E-state index in [0.717, 1.165) is 6.54 Å². The highest BCUT2D eigenvalue weighted by Crippen LogP contribution is 2.40. The quantitative estimate of drug-likeness (QED) is 0.867. The highest BCUT2D eigenvalue weighted by molar-refractivity contribution is 8.06. The van der Waals surface area contributed by atoms with Gasteiger partial charge in [-0.1, -0.05) is 13.8 Å². The average Bonchev–Trinajstić information content (AvgIpc) is 2.81. The third kappa shape index (κ3) is 4.65. The Hall–Kier alpha value is 0.290. The first-order chi connectivity index (χ1) is 9.37. The summed E-state index contributed by atoms with van der Waals surface area (Å²) in [6.45, 7) is 12.1. The second-order valence-corrected chi connectivity index (χ2v) is 10.1. The number of hydrogen-bond acceptors (Lipinski definition) is 5. The molecule has 0 aromatic carbocycles. The largest absolute Gasteiger partial charge is 0.307 e. The molecule has 0 aliphatic carbocycles. The Kier molecular flexibility index (Phi) is 5.86. The maximum absolute atomic E-state index is 4.98. The van der Waals surface area contributed by atoms with Gasteiger partial charge in [-0.25, -0.2) is 4.98 Å². The Morgan fingerprint density at radius 1 is 1.30 bits per heavy atom. The van der Waals surface area contributed by atoms with Crippen LogP contribution in [0.5, 0.6) is 0 Å². The number of nitrogens with zero attached hydrogens (tertiary/aromatic N) is 1. The Morgan fingerprint density at radius 3 is 2.60 bits per heavy atom. The number of hydrogen-bond donors (Lipinski definition) is 1. The summed E-state index contributed by atoms with van der Waals surface area (Å²) in [5, 5.41) is 5.56. The number of thioether (sulfide) groups is 2. The van der Waals surface area contributed by atoms with Gasteiger partial charge >= 0.3 is 0 Å². The summed E-state index contributed by atoms with van der Waals surface area (Å²) in [6.07, 6.45) is 0. The summed E-state index contributed by atoms with van der Waals surface area (Å²) in [5.74, 6) is 4.30. The maximum atomic E-state index is 4.98. The van der Waals surface area contributed by atoms with Crippen LogP contribution in [-0.4, -0.2) is 27.8 Å². The van der Waals surface area contributed by atoms with Crippen LogP contribution in [0.1, 0.15) is 61.4 Å². The van der Waals surface area contributed by atoms with Crippen molar-refractivity contribution in [3.63, 3.8) is 0 Å². The average molecular weight is 331 g/mol. The molecule has 0 saturated carbocycles. The van der Waals surface area contributed by atoms with Crippen LogP contribution in [0.15, 0.2) is 0 Å². The molecule has 0 radical (unpaired) electrons. The van der Waals surface area contributed by atoms with E-state index in [9.17, 15) is 0 Å². The molecule has 2 rings (SSSR count). The van der Waals surface area contributed by atoms with Gasteiger partial charge in [-0.3, -0.25) is 0 Å². The minimum atomic E-state index is 0.161. The predicted molar refractivity (Wildman–Crippen MR) is 95.3 cm³/mol. The van der Waals surface area contributed by atoms with Gasteiger partial charge in [0, 0.05) is 34.2 Å². The molecule has 0 bridgehead atoms. The Bertz CT molecular complexity index is 429. The standard InChI is InChI=1S/C15H26N2S3/c1-10(2)13-11(8-16-15(3,4)5)20-14(17-13)12-9-18-6-7-19-12/h10,12,16H,6-9H2,1-5H3. The summed E-state index contributed by atoms with van der Waals surface area (Å²) >= 11 is 6.08. The fourth-order valence-corrected chi connectivity index (χ4v) is 6.22. The fraction of sp³-hybridized carbons (Fsp3) is 0.800. The normalized spacial score (nSPS) is 20.6. The van der Waals surface area contributed by atoms with Crippen LogP contribution in [-0.2, 0) is 6.54 Å². The number of nitrogens with one attached hydrogen (secondary N) is 1. The van der Waals surface area contributed by atoms with Gasteiger partial charge < -0.3 is 5.32 Å². The molecule has 1 fully saturated rings. The van der Waals surface area contributed by atoms with Gasteiger partial charge in [-0.2, -0.15) is 11.8 Å². The monoisotopic (exact) mass is 330 g/mol. The fourth-order valence-electron chi connectivity index (χ4n) is 2.07. The Balaban J connectivity index is 2.14. The molecule has 1 aliphatic rings. The molecule has 5 heteroatoms. The van der Waals surface area contributed by atoms with Gasteiger partial charge in [0.05, 0.1) is 10.9 Å². The summed E-state index contributed by atoms with van der Waals surface area (Å²) in [6, 6.07) is 0. The molecule has 2 nitrogen and oxygen atoms in total. The van der Waals surface area contributed by atoms with Crippen molar-refractivity contribution in [2.24, 2.45) is 0 Å². The van der Waals surface area contributed by atoms with Crippen molar-refractivity contribution in [3.8, 4) is 0 Å². The van der Waals surface area contributed by atoms with E-state index in [-0.39, 0.29) is 5.54 Å². The first-order valence-corrected chi connectivity index (χ1v) is 10.3. The van der Waals surface area contributed by atoms with Crippen molar-refractivity contribution in [1.82, 2.24) is 10.3 Å². The van der Waals surface area contributed by atoms with Crippen LogP contribution in [0, 0.1) is 0 Å². The third-order valence-electron chi connectivity index (χ3n) is 3.16. The Morgan fingerprint density at radius 2 is 2.05 bits per heavy atom. The van der Waals surface area contributed by atoms with Crippen LogP contribution >= 0.6 is 34.9 Å². The summed E-state index contributed by atoms with van der Waals surface area (Å²) in [5.41, 5.74) is 1.46. The van der Waals surface area contributed by atoms with Crippen LogP contribution in [0.4, 0.5) is 0 Å². The molecule has 20 heavy (non-hydrogen) atoms. The highest BCUT2D eigenvalue weighted by Gasteiger charge is 2.23. The SMILES string of the molecule is CC(C)c1nc(C2CSCCS2)sc1CNC(C)(C)C. The molecule has 1 aliphatic heterocycles. The lowest BCUT2D eigenvalue weighted by Gasteiger charge is -2.20. The molecule has 1 aromatic heterocycles. The summed E-state index contributed by atoms with van der Waals surface area (Å²) in [7, 11) is 0. The Labute approximate surface area is 135 Å². The molecule has 1 aromatic rings. The molecule has 1 N–H and O–H groups in total. The van der Waals surface area contributed by atoms with Gasteiger partial charge in [-0.15, -0.1) is 23.1 Å². The first kappa shape index (κ1) is 16.7. The second kappa shape index (κ2) is 7.03. The van der Waals surface area contributed by atoms with Crippen LogP contribution in [0.25, 0.3) is 0 Å². The van der Waals surface area contributed by atoms with Gasteiger partial charge in [0.1, 0.15) is 5.01 Å². The van der Waals surface area contributed by atoms with Gasteiger partial charge in [0.25, 0.3) is 0 Å². The zero-order valence-electron chi connectivity index (χ0n) is 13.2. The highest BCUT2D eigenvalue weighted by atomic mass is 32.2. The van der Waals surface area contributed by atoms with E-state index >= 15 is 0 Å². The molecular formula is C15H26N2S3. The van der Waals surface area contributed by atoms with E-state index in [1.54, 1.807) is 0 Å². The minimum Gasteiger partial charge on any atom is -0.307 e. The van der Waals surface area contributed by atoms with Crippen molar-refractivity contribution < 1.29 is 0 Å². The van der Waals surface area contributed by atoms with E-state index in [1.807, 2.05) is 11.3 Å². The van der Waals surface area contributed by atoms with E-state index in [2.05, 4.69) is 63.5 Å². The molecule has 2 heterocycles. The summed E-state index contributed by atoms with van der Waals surface area (Å²) in [4.78, 5) is 6.41. The minimum absolute atomic E-state index is 0.161. The summed E-state index contributed by atoms with van der Waals surface area (Å²) < 4.78 is 0. The van der Waals surface area contributed by atoms with Crippen molar-refractivity contribution in [2.75, 3.05) is 17.3 Å². The molecule has 0 spiro atoms. The van der Waals surface area contributed by atoms with E-state index < -0.39 is 0 Å². The lowest BCUT2D eigenvalue weighted by atomic mass is 10.1. The molecular weight excluding hydrogens is 304 g/mol. The van der Waals surface area contributed by atoms with E-state index in [1.165, 1.54) is 32.8 Å². The number of aromatic nitrogens is 1. The molecule has 1 saturated heterocycles. The van der Waals surface area contributed by atoms with Crippen LogP contribution in [0.3, 0.4) is 0 Å². The zero-order chi connectivity index (χ0) is 14.8. The van der Waals surface area contributed by atoms with Crippen molar-refractivity contribution in [1.29, 1.82) is 0 Å². The smallest absolute Gasteiger partial charge is 0.107 e. The van der Waals surface area contributed by atoms with Crippen molar-refractivity contribution in [2.45, 2.75) is 57.9 Å². The van der Waals surface area contributed by atoms with Gasteiger partial charge in [0.15, 0.2) is 0 Å². The molecule has 114 valence electrons. The maximum Gasteiger partial charge on any atom is 0.107 e. The number of thiazole rings is 1. The lowest BCUT2D eigenvalue weighted by molar-refractivity contribution is 0.425. The zero-order valence-corrected chi connectivity index (χ0v) is 15.6. The molecule has 1 unspecified atom stereocenters. The first-order valence-electron chi connectivity index (χ1n) is 7.30. The van der Waals surface area contributed by atoms with Crippen molar-refractivity contribution in [3.05, 3.63) is 15.6 Å². The van der Waals surface area contributed by atoms with Crippen molar-refractivity contribution >= 4 is 34.9 Å². The second-order valence-electron chi connectivity index (χ2n) is 6.55. The van der Waals surface area contributed by atoms with E-state index in [0.29, 0.717) is 11.2 Å². The number of rotatable bonds is 4.